The monoisotopic (exact) mass is 408 g/mol. The van der Waals surface area contributed by atoms with Crippen LogP contribution < -0.4 is 10.6 Å². The van der Waals surface area contributed by atoms with Gasteiger partial charge in [-0.1, -0.05) is 39.7 Å². The van der Waals surface area contributed by atoms with Crippen molar-refractivity contribution in [2.24, 2.45) is 0 Å². The molecule has 0 spiro atoms. The van der Waals surface area contributed by atoms with E-state index in [0.29, 0.717) is 22.7 Å². The van der Waals surface area contributed by atoms with Crippen LogP contribution in [-0.2, 0) is 11.2 Å². The second-order valence-corrected chi connectivity index (χ2v) is 7.00. The number of amides is 2. The summed E-state index contributed by atoms with van der Waals surface area (Å²) in [5.41, 5.74) is 1.92. The summed E-state index contributed by atoms with van der Waals surface area (Å²) in [4.78, 5) is 24.0. The molecular formula is C18H18BrClN2O2. The minimum atomic E-state index is -0.286. The van der Waals surface area contributed by atoms with Crippen molar-refractivity contribution >= 4 is 45.0 Å². The van der Waals surface area contributed by atoms with Crippen LogP contribution in [0.25, 0.3) is 0 Å². The normalized spacial score (nSPS) is 10.5. The van der Waals surface area contributed by atoms with E-state index in [-0.39, 0.29) is 17.9 Å². The number of hydrogen-bond donors (Lipinski definition) is 2. The summed E-state index contributed by atoms with van der Waals surface area (Å²) in [5.74, 6) is -0.311. The molecule has 0 aliphatic rings. The third-order valence-electron chi connectivity index (χ3n) is 3.20. The molecule has 0 saturated carbocycles. The minimum Gasteiger partial charge on any atom is -0.354 e. The van der Waals surface area contributed by atoms with Gasteiger partial charge < -0.3 is 10.6 Å². The summed E-state index contributed by atoms with van der Waals surface area (Å²) < 4.78 is 0.781. The van der Waals surface area contributed by atoms with E-state index >= 15 is 0 Å². The fourth-order valence-electron chi connectivity index (χ4n) is 2.13. The minimum absolute atomic E-state index is 0.0253. The van der Waals surface area contributed by atoms with Crippen molar-refractivity contribution in [3.05, 3.63) is 63.1 Å². The van der Waals surface area contributed by atoms with Crippen molar-refractivity contribution in [1.82, 2.24) is 5.32 Å². The third-order valence-corrected chi connectivity index (χ3v) is 4.02. The molecule has 126 valence electrons. The first-order valence-electron chi connectivity index (χ1n) is 7.50. The summed E-state index contributed by atoms with van der Waals surface area (Å²) in [5, 5.41) is 6.02. The summed E-state index contributed by atoms with van der Waals surface area (Å²) in [7, 11) is 0. The SMILES string of the molecule is CC(C)NC(=O)Cc1ccc(NC(=O)c2cc(Br)ccc2Cl)cc1. The molecule has 0 heterocycles. The number of benzene rings is 2. The van der Waals surface area contributed by atoms with E-state index in [0.717, 1.165) is 10.0 Å². The van der Waals surface area contributed by atoms with E-state index < -0.39 is 0 Å². The van der Waals surface area contributed by atoms with Crippen molar-refractivity contribution in [1.29, 1.82) is 0 Å². The lowest BCUT2D eigenvalue weighted by molar-refractivity contribution is -0.120. The predicted molar refractivity (Wildman–Crippen MR) is 101 cm³/mol. The highest BCUT2D eigenvalue weighted by Gasteiger charge is 2.11. The highest BCUT2D eigenvalue weighted by molar-refractivity contribution is 9.10. The van der Waals surface area contributed by atoms with Gasteiger partial charge in [0.1, 0.15) is 0 Å². The molecule has 2 aromatic rings. The average Bonchev–Trinajstić information content (AvgIpc) is 2.50. The number of anilines is 1. The zero-order valence-electron chi connectivity index (χ0n) is 13.4. The second kappa shape index (κ2) is 8.31. The predicted octanol–water partition coefficient (Wildman–Crippen LogP) is 4.42. The molecule has 2 N–H and O–H groups in total. The fraction of sp³-hybridized carbons (Fsp3) is 0.222. The standard InChI is InChI=1S/C18H18BrClN2O2/c1-11(2)21-17(23)9-12-3-6-14(7-4-12)22-18(24)15-10-13(19)5-8-16(15)20/h3-8,10-11H,9H2,1-2H3,(H,21,23)(H,22,24). The first kappa shape index (κ1) is 18.5. The second-order valence-electron chi connectivity index (χ2n) is 5.67. The van der Waals surface area contributed by atoms with Crippen LogP contribution >= 0.6 is 27.5 Å². The zero-order valence-corrected chi connectivity index (χ0v) is 15.7. The quantitative estimate of drug-likeness (QED) is 0.768. The van der Waals surface area contributed by atoms with Crippen molar-refractivity contribution in [3.63, 3.8) is 0 Å². The van der Waals surface area contributed by atoms with Crippen molar-refractivity contribution in [3.8, 4) is 0 Å². The molecule has 0 atom stereocenters. The maximum atomic E-state index is 12.3. The van der Waals surface area contributed by atoms with Crippen LogP contribution in [0.4, 0.5) is 5.69 Å². The van der Waals surface area contributed by atoms with E-state index in [1.807, 2.05) is 26.0 Å². The van der Waals surface area contributed by atoms with E-state index in [1.54, 1.807) is 30.3 Å². The molecule has 2 rings (SSSR count). The van der Waals surface area contributed by atoms with Gasteiger partial charge in [-0.2, -0.15) is 0 Å². The summed E-state index contributed by atoms with van der Waals surface area (Å²) in [6, 6.07) is 12.4. The molecule has 0 radical (unpaired) electrons. The first-order valence-corrected chi connectivity index (χ1v) is 8.67. The number of rotatable bonds is 5. The highest BCUT2D eigenvalue weighted by Crippen LogP contribution is 2.22. The largest absolute Gasteiger partial charge is 0.354 e. The van der Waals surface area contributed by atoms with Gasteiger partial charge in [-0.25, -0.2) is 0 Å². The maximum absolute atomic E-state index is 12.3. The van der Waals surface area contributed by atoms with Gasteiger partial charge in [0.2, 0.25) is 5.91 Å². The van der Waals surface area contributed by atoms with E-state index in [9.17, 15) is 9.59 Å². The molecular weight excluding hydrogens is 392 g/mol. The van der Waals surface area contributed by atoms with Crippen LogP contribution in [0.15, 0.2) is 46.9 Å². The van der Waals surface area contributed by atoms with Crippen LogP contribution in [0.5, 0.6) is 0 Å². The van der Waals surface area contributed by atoms with Crippen molar-refractivity contribution in [2.45, 2.75) is 26.3 Å². The van der Waals surface area contributed by atoms with Crippen LogP contribution in [-0.4, -0.2) is 17.9 Å². The van der Waals surface area contributed by atoms with Gasteiger partial charge in [-0.05, 0) is 49.7 Å². The molecule has 0 aliphatic heterocycles. The third kappa shape index (κ3) is 5.35. The Morgan fingerprint density at radius 3 is 2.42 bits per heavy atom. The molecule has 0 bridgehead atoms. The fourth-order valence-corrected chi connectivity index (χ4v) is 2.70. The number of hydrogen-bond acceptors (Lipinski definition) is 2. The molecule has 6 heteroatoms. The Balaban J connectivity index is 2.02. The molecule has 0 aromatic heterocycles. The van der Waals surface area contributed by atoms with Gasteiger partial charge in [0.05, 0.1) is 17.0 Å². The average molecular weight is 410 g/mol. The van der Waals surface area contributed by atoms with Gasteiger partial charge >= 0.3 is 0 Å². The molecule has 0 unspecified atom stereocenters. The molecule has 0 aliphatic carbocycles. The zero-order chi connectivity index (χ0) is 17.7. The Labute approximate surface area is 154 Å². The Kier molecular flexibility index (Phi) is 6.40. The van der Waals surface area contributed by atoms with Crippen LogP contribution in [0, 0.1) is 0 Å². The summed E-state index contributed by atoms with van der Waals surface area (Å²) >= 11 is 9.38. The van der Waals surface area contributed by atoms with Crippen molar-refractivity contribution < 1.29 is 9.59 Å². The Morgan fingerprint density at radius 1 is 1.12 bits per heavy atom. The lowest BCUT2D eigenvalue weighted by Gasteiger charge is -2.10. The Hall–Kier alpha value is -1.85. The smallest absolute Gasteiger partial charge is 0.257 e. The number of carbonyl (C=O) groups is 2. The van der Waals surface area contributed by atoms with E-state index in [1.165, 1.54) is 0 Å². The van der Waals surface area contributed by atoms with E-state index in [2.05, 4.69) is 26.6 Å². The molecule has 2 amide bonds. The Morgan fingerprint density at radius 2 is 1.79 bits per heavy atom. The van der Waals surface area contributed by atoms with Gasteiger partial charge in [0, 0.05) is 16.2 Å². The maximum Gasteiger partial charge on any atom is 0.257 e. The van der Waals surface area contributed by atoms with Gasteiger partial charge in [-0.15, -0.1) is 0 Å². The highest BCUT2D eigenvalue weighted by atomic mass is 79.9. The summed E-state index contributed by atoms with van der Waals surface area (Å²) in [6.07, 6.45) is 0.309. The van der Waals surface area contributed by atoms with Crippen LogP contribution in [0.3, 0.4) is 0 Å². The number of halogens is 2. The van der Waals surface area contributed by atoms with Crippen molar-refractivity contribution in [2.75, 3.05) is 5.32 Å². The number of carbonyl (C=O) groups excluding carboxylic acids is 2. The molecule has 0 fully saturated rings. The molecule has 0 saturated heterocycles. The lowest BCUT2D eigenvalue weighted by Crippen LogP contribution is -2.31. The molecule has 4 nitrogen and oxygen atoms in total. The molecule has 24 heavy (non-hydrogen) atoms. The van der Waals surface area contributed by atoms with Gasteiger partial charge in [0.15, 0.2) is 0 Å². The van der Waals surface area contributed by atoms with Crippen LogP contribution in [0.1, 0.15) is 29.8 Å². The van der Waals surface area contributed by atoms with Gasteiger partial charge in [0.25, 0.3) is 5.91 Å². The number of nitrogens with one attached hydrogen (secondary N) is 2. The van der Waals surface area contributed by atoms with E-state index in [4.69, 9.17) is 11.6 Å². The molecule has 2 aromatic carbocycles. The topological polar surface area (TPSA) is 58.2 Å². The lowest BCUT2D eigenvalue weighted by atomic mass is 10.1. The summed E-state index contributed by atoms with van der Waals surface area (Å²) in [6.45, 7) is 3.84. The van der Waals surface area contributed by atoms with Gasteiger partial charge in [-0.3, -0.25) is 9.59 Å². The first-order chi connectivity index (χ1) is 11.3. The van der Waals surface area contributed by atoms with Crippen LogP contribution in [0.2, 0.25) is 5.02 Å². The Bertz CT molecular complexity index is 745.